The highest BCUT2D eigenvalue weighted by Gasteiger charge is 2.15. The van der Waals surface area contributed by atoms with Crippen molar-refractivity contribution in [3.8, 4) is 11.5 Å². The van der Waals surface area contributed by atoms with Gasteiger partial charge in [-0.3, -0.25) is 4.79 Å². The minimum Gasteiger partial charge on any atom is -0.493 e. The second kappa shape index (κ2) is 9.56. The van der Waals surface area contributed by atoms with E-state index < -0.39 is 11.8 Å². The average molecular weight is 375 g/mol. The van der Waals surface area contributed by atoms with E-state index in [1.165, 1.54) is 31.4 Å². The molecule has 0 aliphatic rings. The van der Waals surface area contributed by atoms with E-state index in [0.29, 0.717) is 11.5 Å². The molecule has 2 rings (SSSR count). The largest absolute Gasteiger partial charge is 0.493 e. The molecule has 6 nitrogen and oxygen atoms in total. The highest BCUT2D eigenvalue weighted by atomic mass is 19.1. The monoisotopic (exact) mass is 375 g/mol. The molecule has 0 aromatic heterocycles. The average Bonchev–Trinajstić information content (AvgIpc) is 2.66. The summed E-state index contributed by atoms with van der Waals surface area (Å²) in [6.07, 6.45) is 0. The molecular formula is C20H22FNO5. The molecule has 1 amide bonds. The second-order valence-corrected chi connectivity index (χ2v) is 5.71. The van der Waals surface area contributed by atoms with Gasteiger partial charge in [-0.25, -0.2) is 9.18 Å². The molecule has 0 saturated heterocycles. The highest BCUT2D eigenvalue weighted by molar-refractivity contribution is 5.94. The first kappa shape index (κ1) is 20.2. The van der Waals surface area contributed by atoms with Gasteiger partial charge >= 0.3 is 5.97 Å². The molecule has 1 atom stereocenters. The summed E-state index contributed by atoms with van der Waals surface area (Å²) >= 11 is 0. The number of carbonyl (C=O) groups excluding carboxylic acids is 2. The zero-order valence-corrected chi connectivity index (χ0v) is 15.5. The molecule has 2 aromatic rings. The summed E-state index contributed by atoms with van der Waals surface area (Å²) in [6.45, 7) is 3.56. The lowest BCUT2D eigenvalue weighted by Crippen LogP contribution is -2.26. The van der Waals surface area contributed by atoms with Gasteiger partial charge in [-0.05, 0) is 49.7 Å². The van der Waals surface area contributed by atoms with Crippen LogP contribution in [0.25, 0.3) is 0 Å². The van der Waals surface area contributed by atoms with E-state index >= 15 is 0 Å². The van der Waals surface area contributed by atoms with E-state index in [1.807, 2.05) is 0 Å². The molecule has 0 unspecified atom stereocenters. The van der Waals surface area contributed by atoms with Crippen molar-refractivity contribution < 1.29 is 28.2 Å². The van der Waals surface area contributed by atoms with Crippen LogP contribution < -0.4 is 14.8 Å². The Labute approximate surface area is 157 Å². The molecule has 144 valence electrons. The number of hydrogen-bond acceptors (Lipinski definition) is 5. The maximum atomic E-state index is 13.3. The fourth-order valence-electron chi connectivity index (χ4n) is 2.41. The van der Waals surface area contributed by atoms with Crippen molar-refractivity contribution >= 4 is 11.9 Å². The van der Waals surface area contributed by atoms with Gasteiger partial charge < -0.3 is 19.5 Å². The van der Waals surface area contributed by atoms with Crippen LogP contribution in [-0.2, 0) is 9.53 Å². The quantitative estimate of drug-likeness (QED) is 0.717. The number of rotatable bonds is 8. The SMILES string of the molecule is CCOC(=O)COc1ccc([C@@H](C)NC(=O)c2cccc(F)c2)cc1OC. The van der Waals surface area contributed by atoms with Crippen LogP contribution in [0.1, 0.15) is 35.8 Å². The number of nitrogens with one attached hydrogen (secondary N) is 1. The van der Waals surface area contributed by atoms with Crippen molar-refractivity contribution in [2.75, 3.05) is 20.3 Å². The van der Waals surface area contributed by atoms with Crippen LogP contribution in [0.2, 0.25) is 0 Å². The van der Waals surface area contributed by atoms with Crippen molar-refractivity contribution in [1.29, 1.82) is 0 Å². The molecule has 1 N–H and O–H groups in total. The van der Waals surface area contributed by atoms with E-state index in [9.17, 15) is 14.0 Å². The van der Waals surface area contributed by atoms with Crippen LogP contribution in [0.3, 0.4) is 0 Å². The van der Waals surface area contributed by atoms with Crippen molar-refractivity contribution in [1.82, 2.24) is 5.32 Å². The molecule has 0 aliphatic heterocycles. The molecular weight excluding hydrogens is 353 g/mol. The molecule has 0 aliphatic carbocycles. The van der Waals surface area contributed by atoms with Crippen molar-refractivity contribution in [3.05, 3.63) is 59.4 Å². The molecule has 0 radical (unpaired) electrons. The molecule has 0 spiro atoms. The normalized spacial score (nSPS) is 11.4. The first-order valence-corrected chi connectivity index (χ1v) is 8.47. The standard InChI is InChI=1S/C20H22FNO5/c1-4-26-19(23)12-27-17-9-8-14(11-18(17)25-3)13(2)22-20(24)15-6-5-7-16(21)10-15/h5-11,13H,4,12H2,1-3H3,(H,22,24)/t13-/m1/s1. The first-order chi connectivity index (χ1) is 12.9. The Morgan fingerprint density at radius 2 is 1.93 bits per heavy atom. The van der Waals surface area contributed by atoms with Gasteiger partial charge in [0.1, 0.15) is 5.82 Å². The van der Waals surface area contributed by atoms with Gasteiger partial charge in [-0.1, -0.05) is 12.1 Å². The van der Waals surface area contributed by atoms with Gasteiger partial charge in [-0.2, -0.15) is 0 Å². The van der Waals surface area contributed by atoms with Crippen LogP contribution in [0.15, 0.2) is 42.5 Å². The minimum absolute atomic E-state index is 0.227. The van der Waals surface area contributed by atoms with Crippen molar-refractivity contribution in [3.63, 3.8) is 0 Å². The molecule has 0 fully saturated rings. The second-order valence-electron chi connectivity index (χ2n) is 5.71. The van der Waals surface area contributed by atoms with E-state index in [0.717, 1.165) is 5.56 Å². The molecule has 2 aromatic carbocycles. The topological polar surface area (TPSA) is 73.9 Å². The summed E-state index contributed by atoms with van der Waals surface area (Å²) in [4.78, 5) is 23.7. The molecule has 7 heteroatoms. The van der Waals surface area contributed by atoms with E-state index in [-0.39, 0.29) is 30.7 Å². The summed E-state index contributed by atoms with van der Waals surface area (Å²) in [5.41, 5.74) is 1.00. The van der Waals surface area contributed by atoms with E-state index in [4.69, 9.17) is 14.2 Å². The predicted octanol–water partition coefficient (Wildman–Crippen LogP) is 3.27. The maximum absolute atomic E-state index is 13.3. The van der Waals surface area contributed by atoms with Gasteiger partial charge in [0.05, 0.1) is 19.8 Å². The number of amides is 1. The summed E-state index contributed by atoms with van der Waals surface area (Å²) in [6, 6.07) is 10.2. The fraction of sp³-hybridized carbons (Fsp3) is 0.300. The summed E-state index contributed by atoms with van der Waals surface area (Å²) in [5.74, 6) is -0.523. The van der Waals surface area contributed by atoms with Gasteiger partial charge in [0.25, 0.3) is 5.91 Å². The summed E-state index contributed by atoms with van der Waals surface area (Å²) in [5, 5.41) is 2.80. The summed E-state index contributed by atoms with van der Waals surface area (Å²) in [7, 11) is 1.48. The van der Waals surface area contributed by atoms with Crippen LogP contribution in [0, 0.1) is 5.82 Å². The lowest BCUT2D eigenvalue weighted by atomic mass is 10.1. The van der Waals surface area contributed by atoms with Gasteiger partial charge in [0, 0.05) is 5.56 Å². The van der Waals surface area contributed by atoms with E-state index in [2.05, 4.69) is 5.32 Å². The minimum atomic E-state index is -0.473. The van der Waals surface area contributed by atoms with Gasteiger partial charge in [0.15, 0.2) is 18.1 Å². The van der Waals surface area contributed by atoms with Crippen LogP contribution in [0.5, 0.6) is 11.5 Å². The lowest BCUT2D eigenvalue weighted by Gasteiger charge is -2.17. The predicted molar refractivity (Wildman–Crippen MR) is 97.4 cm³/mol. The number of ether oxygens (including phenoxy) is 3. The molecule has 0 saturated carbocycles. The number of methoxy groups -OCH3 is 1. The molecule has 0 heterocycles. The highest BCUT2D eigenvalue weighted by Crippen LogP contribution is 2.30. The smallest absolute Gasteiger partial charge is 0.344 e. The van der Waals surface area contributed by atoms with Crippen LogP contribution in [0.4, 0.5) is 4.39 Å². The van der Waals surface area contributed by atoms with Gasteiger partial charge in [-0.15, -0.1) is 0 Å². The van der Waals surface area contributed by atoms with Crippen LogP contribution >= 0.6 is 0 Å². The Kier molecular flexibility index (Phi) is 7.16. The maximum Gasteiger partial charge on any atom is 0.344 e. The lowest BCUT2D eigenvalue weighted by molar-refractivity contribution is -0.145. The third kappa shape index (κ3) is 5.70. The Morgan fingerprint density at radius 3 is 2.59 bits per heavy atom. The number of hydrogen-bond donors (Lipinski definition) is 1. The van der Waals surface area contributed by atoms with Crippen LogP contribution in [-0.4, -0.2) is 32.2 Å². The van der Waals surface area contributed by atoms with Gasteiger partial charge in [0.2, 0.25) is 0 Å². The Morgan fingerprint density at radius 1 is 1.15 bits per heavy atom. The first-order valence-electron chi connectivity index (χ1n) is 8.47. The van der Waals surface area contributed by atoms with Crippen molar-refractivity contribution in [2.45, 2.75) is 19.9 Å². The Hall–Kier alpha value is -3.09. The number of halogens is 1. The third-order valence-electron chi connectivity index (χ3n) is 3.77. The number of carbonyl (C=O) groups is 2. The Bertz CT molecular complexity index is 809. The molecule has 27 heavy (non-hydrogen) atoms. The number of esters is 1. The van der Waals surface area contributed by atoms with Crippen molar-refractivity contribution in [2.24, 2.45) is 0 Å². The number of benzene rings is 2. The van der Waals surface area contributed by atoms with E-state index in [1.54, 1.807) is 32.0 Å². The summed E-state index contributed by atoms with van der Waals surface area (Å²) < 4.78 is 28.8. The molecule has 0 bridgehead atoms. The zero-order chi connectivity index (χ0) is 19.8. The fourth-order valence-corrected chi connectivity index (χ4v) is 2.41. The Balaban J connectivity index is 2.07. The third-order valence-corrected chi connectivity index (χ3v) is 3.77. The zero-order valence-electron chi connectivity index (χ0n) is 15.5.